The van der Waals surface area contributed by atoms with Crippen LogP contribution in [0.2, 0.25) is 0 Å². The van der Waals surface area contributed by atoms with E-state index in [-0.39, 0.29) is 0 Å². The molecule has 1 aliphatic rings. The number of ether oxygens (including phenoxy) is 2. The van der Waals surface area contributed by atoms with E-state index < -0.39 is 5.97 Å². The molecule has 2 aromatic rings. The third-order valence-electron chi connectivity index (χ3n) is 4.81. The van der Waals surface area contributed by atoms with Crippen molar-refractivity contribution in [1.29, 1.82) is 0 Å². The van der Waals surface area contributed by atoms with E-state index in [0.717, 1.165) is 29.9 Å². The minimum absolute atomic E-state index is 0.295. The molecule has 0 saturated carbocycles. The highest BCUT2D eigenvalue weighted by atomic mass is 16.6. The van der Waals surface area contributed by atoms with Gasteiger partial charge in [-0.1, -0.05) is 81.5 Å². The van der Waals surface area contributed by atoms with Crippen LogP contribution in [-0.4, -0.2) is 18.5 Å². The van der Waals surface area contributed by atoms with Gasteiger partial charge in [0.25, 0.3) is 0 Å². The molecule has 0 radical (unpaired) electrons. The Hall–Kier alpha value is -3.14. The molecule has 0 spiro atoms. The van der Waals surface area contributed by atoms with Crippen LogP contribution in [0.25, 0.3) is 12.2 Å². The van der Waals surface area contributed by atoms with Crippen molar-refractivity contribution in [2.45, 2.75) is 45.4 Å². The minimum Gasteiger partial charge on any atom is -0.494 e. The molecule has 4 nitrogen and oxygen atoms in total. The zero-order valence-corrected chi connectivity index (χ0v) is 17.5. The molecule has 0 aromatic heterocycles. The van der Waals surface area contributed by atoms with Crippen LogP contribution in [0.4, 0.5) is 0 Å². The number of hydrogen-bond acceptors (Lipinski definition) is 4. The summed E-state index contributed by atoms with van der Waals surface area (Å²) in [5.41, 5.74) is 2.19. The Labute approximate surface area is 178 Å². The molecule has 3 rings (SSSR count). The molecular weight excluding hydrogens is 374 g/mol. The molecule has 4 heteroatoms. The predicted molar refractivity (Wildman–Crippen MR) is 122 cm³/mol. The first-order valence-corrected chi connectivity index (χ1v) is 10.7. The van der Waals surface area contributed by atoms with Gasteiger partial charge in [0.2, 0.25) is 5.90 Å². The van der Waals surface area contributed by atoms with Crippen LogP contribution in [0, 0.1) is 0 Å². The van der Waals surface area contributed by atoms with Crippen molar-refractivity contribution in [3.63, 3.8) is 0 Å². The molecule has 0 atom stereocenters. The molecule has 0 fully saturated rings. The summed E-state index contributed by atoms with van der Waals surface area (Å²) in [5, 5.41) is 0. The van der Waals surface area contributed by atoms with Gasteiger partial charge in [0.15, 0.2) is 5.70 Å². The molecule has 2 aromatic carbocycles. The Balaban J connectivity index is 1.50. The molecule has 156 valence electrons. The second kappa shape index (κ2) is 11.8. The van der Waals surface area contributed by atoms with Gasteiger partial charge >= 0.3 is 5.97 Å². The van der Waals surface area contributed by atoms with Crippen LogP contribution < -0.4 is 4.74 Å². The van der Waals surface area contributed by atoms with E-state index >= 15 is 0 Å². The van der Waals surface area contributed by atoms with E-state index in [9.17, 15) is 4.79 Å². The molecule has 0 unspecified atom stereocenters. The highest BCUT2D eigenvalue weighted by Crippen LogP contribution is 2.19. The lowest BCUT2D eigenvalue weighted by atomic mass is 10.1. The molecule has 0 bridgehead atoms. The summed E-state index contributed by atoms with van der Waals surface area (Å²) >= 11 is 0. The second-order valence-electron chi connectivity index (χ2n) is 7.30. The smallest absolute Gasteiger partial charge is 0.363 e. The van der Waals surface area contributed by atoms with Gasteiger partial charge in [-0.05, 0) is 41.8 Å². The summed E-state index contributed by atoms with van der Waals surface area (Å²) in [6, 6.07) is 17.5. The minimum atomic E-state index is -0.439. The lowest BCUT2D eigenvalue weighted by Crippen LogP contribution is -2.01. The number of benzene rings is 2. The molecule has 0 N–H and O–H groups in total. The van der Waals surface area contributed by atoms with Crippen molar-refractivity contribution >= 4 is 24.0 Å². The van der Waals surface area contributed by atoms with Gasteiger partial charge in [-0.15, -0.1) is 0 Å². The summed E-state index contributed by atoms with van der Waals surface area (Å²) in [6.07, 6.45) is 12.8. The number of rotatable bonds is 11. The number of aliphatic imine (C=N–C) groups is 1. The Morgan fingerprint density at radius 2 is 1.60 bits per heavy atom. The van der Waals surface area contributed by atoms with Crippen LogP contribution in [0.5, 0.6) is 5.75 Å². The normalized spacial score (nSPS) is 14.9. The number of cyclic esters (lactones) is 1. The van der Waals surface area contributed by atoms with E-state index in [1.165, 1.54) is 32.1 Å². The summed E-state index contributed by atoms with van der Waals surface area (Å²) in [7, 11) is 0. The Kier molecular flexibility index (Phi) is 8.46. The number of nitrogens with zero attached hydrogens (tertiary/aromatic N) is 1. The fraction of sp³-hybridized carbons (Fsp3) is 0.308. The predicted octanol–water partition coefficient (Wildman–Crippen LogP) is 6.44. The maximum atomic E-state index is 12.1. The average Bonchev–Trinajstić information content (AvgIpc) is 3.12. The van der Waals surface area contributed by atoms with Crippen molar-refractivity contribution in [3.8, 4) is 5.75 Å². The Morgan fingerprint density at radius 1 is 0.867 bits per heavy atom. The fourth-order valence-electron chi connectivity index (χ4n) is 3.12. The lowest BCUT2D eigenvalue weighted by molar-refractivity contribution is -0.129. The number of unbranched alkanes of at least 4 members (excludes halogenated alkanes) is 5. The van der Waals surface area contributed by atoms with Gasteiger partial charge in [-0.25, -0.2) is 9.79 Å². The molecule has 30 heavy (non-hydrogen) atoms. The first-order chi connectivity index (χ1) is 14.7. The molecule has 1 aliphatic heterocycles. The monoisotopic (exact) mass is 403 g/mol. The standard InChI is InChI=1S/C26H29NO3/c1-2-3-4-5-6-10-19-29-23-16-13-22(14-17-23)20-24-26(28)30-25(27-24)18-15-21-11-8-7-9-12-21/h7-9,11-18,20H,2-6,10,19H2,1H3/b18-15+,24-20+. The topological polar surface area (TPSA) is 47.9 Å². The number of esters is 1. The highest BCUT2D eigenvalue weighted by molar-refractivity contribution is 6.11. The van der Waals surface area contributed by atoms with Crippen LogP contribution in [0.3, 0.4) is 0 Å². The SMILES string of the molecule is CCCCCCCCOc1ccc(/C=C2N=C(/C=C/c3ccccc3)OC/2=O)cc1. The van der Waals surface area contributed by atoms with Crippen molar-refractivity contribution in [1.82, 2.24) is 0 Å². The van der Waals surface area contributed by atoms with E-state index in [4.69, 9.17) is 9.47 Å². The zero-order chi connectivity index (χ0) is 21.0. The first kappa shape index (κ1) is 21.6. The zero-order valence-electron chi connectivity index (χ0n) is 17.5. The summed E-state index contributed by atoms with van der Waals surface area (Å²) in [5.74, 6) is 0.704. The third-order valence-corrected chi connectivity index (χ3v) is 4.81. The van der Waals surface area contributed by atoms with E-state index in [0.29, 0.717) is 11.6 Å². The highest BCUT2D eigenvalue weighted by Gasteiger charge is 2.21. The average molecular weight is 404 g/mol. The largest absolute Gasteiger partial charge is 0.494 e. The number of carbonyl (C=O) groups excluding carboxylic acids is 1. The van der Waals surface area contributed by atoms with Crippen molar-refractivity contribution in [2.75, 3.05) is 6.61 Å². The summed E-state index contributed by atoms with van der Waals surface area (Å²) in [4.78, 5) is 16.4. The van der Waals surface area contributed by atoms with Gasteiger partial charge in [-0.3, -0.25) is 0 Å². The Bertz CT molecular complexity index is 896. The second-order valence-corrected chi connectivity index (χ2v) is 7.30. The quantitative estimate of drug-likeness (QED) is 0.246. The molecule has 1 heterocycles. The first-order valence-electron chi connectivity index (χ1n) is 10.7. The number of carbonyl (C=O) groups is 1. The van der Waals surface area contributed by atoms with Crippen molar-refractivity contribution < 1.29 is 14.3 Å². The van der Waals surface area contributed by atoms with E-state index in [1.807, 2.05) is 60.7 Å². The molecule has 0 saturated heterocycles. The lowest BCUT2D eigenvalue weighted by Gasteiger charge is -2.06. The van der Waals surface area contributed by atoms with Gasteiger partial charge in [-0.2, -0.15) is 0 Å². The Morgan fingerprint density at radius 3 is 2.37 bits per heavy atom. The summed E-state index contributed by atoms with van der Waals surface area (Å²) < 4.78 is 11.0. The van der Waals surface area contributed by atoms with Gasteiger partial charge in [0.05, 0.1) is 6.61 Å². The molecule has 0 amide bonds. The van der Waals surface area contributed by atoms with Crippen molar-refractivity contribution in [3.05, 3.63) is 77.5 Å². The maximum Gasteiger partial charge on any atom is 0.363 e. The van der Waals surface area contributed by atoms with Crippen LogP contribution in [0.15, 0.2) is 71.4 Å². The maximum absolute atomic E-state index is 12.1. The number of hydrogen-bond donors (Lipinski definition) is 0. The van der Waals surface area contributed by atoms with Crippen LogP contribution in [0.1, 0.15) is 56.6 Å². The summed E-state index contributed by atoms with van der Waals surface area (Å²) in [6.45, 7) is 2.97. The van der Waals surface area contributed by atoms with Gasteiger partial charge in [0, 0.05) is 6.08 Å². The van der Waals surface area contributed by atoms with Crippen molar-refractivity contribution in [2.24, 2.45) is 4.99 Å². The van der Waals surface area contributed by atoms with E-state index in [1.54, 1.807) is 12.2 Å². The van der Waals surface area contributed by atoms with Gasteiger partial charge < -0.3 is 9.47 Å². The fourth-order valence-corrected chi connectivity index (χ4v) is 3.12. The van der Waals surface area contributed by atoms with Crippen LogP contribution in [-0.2, 0) is 9.53 Å². The van der Waals surface area contributed by atoms with Crippen LogP contribution >= 0.6 is 0 Å². The third kappa shape index (κ3) is 7.03. The van der Waals surface area contributed by atoms with E-state index in [2.05, 4.69) is 11.9 Å². The molecular formula is C26H29NO3. The molecule has 0 aliphatic carbocycles. The van der Waals surface area contributed by atoms with Gasteiger partial charge in [0.1, 0.15) is 5.75 Å².